The number of nitrogens with one attached hydrogen (secondary N) is 2. The van der Waals surface area contributed by atoms with Crippen LogP contribution in [0.3, 0.4) is 0 Å². The van der Waals surface area contributed by atoms with Crippen molar-refractivity contribution in [3.63, 3.8) is 0 Å². The van der Waals surface area contributed by atoms with Crippen molar-refractivity contribution in [2.75, 3.05) is 26.2 Å². The molecule has 2 N–H and O–H groups in total. The second kappa shape index (κ2) is 6.08. The van der Waals surface area contributed by atoms with Gasteiger partial charge in [0.1, 0.15) is 18.2 Å². The van der Waals surface area contributed by atoms with Crippen LogP contribution in [0.25, 0.3) is 0 Å². The molecule has 4 nitrogen and oxygen atoms in total. The molecule has 92 valence electrons. The standard InChI is InChI=1S/C12H16FN3O/c13-10-3-1-4-11(9-10)17-8-7-16-12-14-5-2-6-15-12/h1,3-4,9H,2,5-8H2,(H2,14,15,16). The first-order valence-electron chi connectivity index (χ1n) is 5.75. The number of aliphatic imine (C=N–C) groups is 1. The van der Waals surface area contributed by atoms with Crippen molar-refractivity contribution in [3.05, 3.63) is 30.1 Å². The van der Waals surface area contributed by atoms with E-state index in [4.69, 9.17) is 4.74 Å². The molecule has 1 aromatic rings. The lowest BCUT2D eigenvalue weighted by Gasteiger charge is -2.16. The molecule has 1 aliphatic heterocycles. The third-order valence-electron chi connectivity index (χ3n) is 2.36. The molecule has 1 aromatic carbocycles. The van der Waals surface area contributed by atoms with Gasteiger partial charge in [0.05, 0.1) is 6.54 Å². The highest BCUT2D eigenvalue weighted by Gasteiger charge is 2.02. The van der Waals surface area contributed by atoms with Crippen LogP contribution in [0.1, 0.15) is 6.42 Å². The highest BCUT2D eigenvalue weighted by Crippen LogP contribution is 2.11. The Kier molecular flexibility index (Phi) is 4.18. The fraction of sp³-hybridized carbons (Fsp3) is 0.417. The van der Waals surface area contributed by atoms with Crippen LogP contribution in [0.4, 0.5) is 4.39 Å². The van der Waals surface area contributed by atoms with E-state index in [0.717, 1.165) is 25.5 Å². The van der Waals surface area contributed by atoms with Crippen molar-refractivity contribution < 1.29 is 9.13 Å². The summed E-state index contributed by atoms with van der Waals surface area (Å²) in [5, 5.41) is 6.28. The second-order valence-electron chi connectivity index (χ2n) is 3.74. The quantitative estimate of drug-likeness (QED) is 0.772. The Labute approximate surface area is 99.9 Å². The molecule has 17 heavy (non-hydrogen) atoms. The van der Waals surface area contributed by atoms with Crippen molar-refractivity contribution >= 4 is 5.96 Å². The molecule has 0 bridgehead atoms. The minimum Gasteiger partial charge on any atom is -0.492 e. The van der Waals surface area contributed by atoms with Crippen LogP contribution in [0, 0.1) is 5.82 Å². The summed E-state index contributed by atoms with van der Waals surface area (Å²) in [7, 11) is 0. The van der Waals surface area contributed by atoms with E-state index in [9.17, 15) is 4.39 Å². The molecule has 0 aliphatic carbocycles. The molecule has 2 rings (SSSR count). The molecule has 1 aliphatic rings. The van der Waals surface area contributed by atoms with Crippen molar-refractivity contribution in [2.24, 2.45) is 4.99 Å². The summed E-state index contributed by atoms with van der Waals surface area (Å²) in [6, 6.07) is 6.13. The van der Waals surface area contributed by atoms with Crippen molar-refractivity contribution in [2.45, 2.75) is 6.42 Å². The van der Waals surface area contributed by atoms with Crippen LogP contribution in [0.15, 0.2) is 29.3 Å². The third kappa shape index (κ3) is 3.94. The summed E-state index contributed by atoms with van der Waals surface area (Å²) in [6.45, 7) is 2.93. The fourth-order valence-corrected chi connectivity index (χ4v) is 1.55. The van der Waals surface area contributed by atoms with E-state index in [0.29, 0.717) is 18.9 Å². The van der Waals surface area contributed by atoms with Crippen LogP contribution in [-0.4, -0.2) is 32.2 Å². The smallest absolute Gasteiger partial charge is 0.191 e. The summed E-state index contributed by atoms with van der Waals surface area (Å²) in [4.78, 5) is 4.27. The van der Waals surface area contributed by atoms with Crippen LogP contribution in [0.5, 0.6) is 5.75 Å². The maximum atomic E-state index is 12.8. The van der Waals surface area contributed by atoms with Gasteiger partial charge >= 0.3 is 0 Å². The first-order chi connectivity index (χ1) is 8.34. The summed E-state index contributed by atoms with van der Waals surface area (Å²) in [6.07, 6.45) is 1.07. The van der Waals surface area contributed by atoms with Crippen molar-refractivity contribution in [3.8, 4) is 5.75 Å². The summed E-state index contributed by atoms with van der Waals surface area (Å²) < 4.78 is 18.2. The number of halogens is 1. The van der Waals surface area contributed by atoms with Crippen LogP contribution >= 0.6 is 0 Å². The normalized spacial score (nSPS) is 14.8. The highest BCUT2D eigenvalue weighted by molar-refractivity contribution is 5.80. The lowest BCUT2D eigenvalue weighted by molar-refractivity contribution is 0.320. The van der Waals surface area contributed by atoms with Crippen LogP contribution in [-0.2, 0) is 0 Å². The maximum Gasteiger partial charge on any atom is 0.191 e. The van der Waals surface area contributed by atoms with E-state index in [-0.39, 0.29) is 5.82 Å². The highest BCUT2D eigenvalue weighted by atomic mass is 19.1. The second-order valence-corrected chi connectivity index (χ2v) is 3.74. The zero-order chi connectivity index (χ0) is 11.9. The van der Waals surface area contributed by atoms with Crippen LogP contribution in [0.2, 0.25) is 0 Å². The van der Waals surface area contributed by atoms with Gasteiger partial charge in [-0.2, -0.15) is 0 Å². The van der Waals surface area contributed by atoms with Gasteiger partial charge in [-0.1, -0.05) is 6.07 Å². The van der Waals surface area contributed by atoms with E-state index >= 15 is 0 Å². The van der Waals surface area contributed by atoms with Gasteiger partial charge in [-0.25, -0.2) is 4.39 Å². The van der Waals surface area contributed by atoms with E-state index < -0.39 is 0 Å². The first kappa shape index (κ1) is 11.7. The van der Waals surface area contributed by atoms with Gasteiger partial charge in [0, 0.05) is 19.2 Å². The number of rotatable bonds is 4. The molecule has 0 aromatic heterocycles. The molecular formula is C12H16FN3O. The lowest BCUT2D eigenvalue weighted by atomic mass is 10.3. The number of ether oxygens (including phenoxy) is 1. The molecule has 0 saturated heterocycles. The van der Waals surface area contributed by atoms with Gasteiger partial charge in [-0.05, 0) is 18.6 Å². The molecule has 0 fully saturated rings. The maximum absolute atomic E-state index is 12.8. The number of nitrogens with zero attached hydrogens (tertiary/aromatic N) is 1. The van der Waals surface area contributed by atoms with Gasteiger partial charge in [0.15, 0.2) is 5.96 Å². The minimum atomic E-state index is -0.284. The predicted octanol–water partition coefficient (Wildman–Crippen LogP) is 1.14. The zero-order valence-electron chi connectivity index (χ0n) is 9.58. The number of hydrogen-bond donors (Lipinski definition) is 2. The molecule has 0 unspecified atom stereocenters. The predicted molar refractivity (Wildman–Crippen MR) is 64.8 cm³/mol. The first-order valence-corrected chi connectivity index (χ1v) is 5.75. The van der Waals surface area contributed by atoms with Gasteiger partial charge in [-0.3, -0.25) is 4.99 Å². The van der Waals surface area contributed by atoms with Crippen LogP contribution < -0.4 is 15.4 Å². The largest absolute Gasteiger partial charge is 0.492 e. The molecule has 0 spiro atoms. The summed E-state index contributed by atoms with van der Waals surface area (Å²) >= 11 is 0. The van der Waals surface area contributed by atoms with Gasteiger partial charge in [0.25, 0.3) is 0 Å². The SMILES string of the molecule is Fc1cccc(OCCNC2=NCCCN2)c1. The molecular weight excluding hydrogens is 221 g/mol. The molecule has 0 amide bonds. The van der Waals surface area contributed by atoms with Gasteiger partial charge < -0.3 is 15.4 Å². The molecule has 0 atom stereocenters. The van der Waals surface area contributed by atoms with E-state index in [1.807, 2.05) is 0 Å². The Bertz CT molecular complexity index is 395. The molecule has 0 saturated carbocycles. The van der Waals surface area contributed by atoms with Crippen molar-refractivity contribution in [1.29, 1.82) is 0 Å². The zero-order valence-corrected chi connectivity index (χ0v) is 9.58. The van der Waals surface area contributed by atoms with Gasteiger partial charge in [0.2, 0.25) is 0 Å². The molecule has 0 radical (unpaired) electrons. The fourth-order valence-electron chi connectivity index (χ4n) is 1.55. The Morgan fingerprint density at radius 2 is 2.41 bits per heavy atom. The van der Waals surface area contributed by atoms with E-state index in [2.05, 4.69) is 15.6 Å². The number of benzene rings is 1. The van der Waals surface area contributed by atoms with E-state index in [1.165, 1.54) is 12.1 Å². The number of guanidine groups is 1. The Hall–Kier alpha value is -1.78. The Morgan fingerprint density at radius 3 is 3.18 bits per heavy atom. The van der Waals surface area contributed by atoms with Crippen molar-refractivity contribution in [1.82, 2.24) is 10.6 Å². The average molecular weight is 237 g/mol. The average Bonchev–Trinajstić information content (AvgIpc) is 2.36. The monoisotopic (exact) mass is 237 g/mol. The topological polar surface area (TPSA) is 45.6 Å². The van der Waals surface area contributed by atoms with Gasteiger partial charge in [-0.15, -0.1) is 0 Å². The Morgan fingerprint density at radius 1 is 1.47 bits per heavy atom. The molecule has 5 heteroatoms. The Balaban J connectivity index is 1.67. The van der Waals surface area contributed by atoms with E-state index in [1.54, 1.807) is 12.1 Å². The summed E-state index contributed by atoms with van der Waals surface area (Å²) in [5.74, 6) is 1.08. The summed E-state index contributed by atoms with van der Waals surface area (Å²) in [5.41, 5.74) is 0. The minimum absolute atomic E-state index is 0.284. The third-order valence-corrected chi connectivity index (χ3v) is 2.36. The number of hydrogen-bond acceptors (Lipinski definition) is 4. The lowest BCUT2D eigenvalue weighted by Crippen LogP contribution is -2.42. The molecule has 1 heterocycles.